The maximum absolute atomic E-state index is 5.53. The minimum Gasteiger partial charge on any atom is -0.385 e. The molecule has 0 aromatic rings. The van der Waals surface area contributed by atoms with Gasteiger partial charge in [-0.3, -0.25) is 10.4 Å². The predicted octanol–water partition coefficient (Wildman–Crippen LogP) is 0.964. The highest BCUT2D eigenvalue weighted by molar-refractivity contribution is 5.79. The molecule has 0 aliphatic carbocycles. The summed E-state index contributed by atoms with van der Waals surface area (Å²) in [6.45, 7) is 5.91. The summed E-state index contributed by atoms with van der Waals surface area (Å²) in [5, 5.41) is 0. The zero-order valence-electron chi connectivity index (χ0n) is 11.1. The fourth-order valence-corrected chi connectivity index (χ4v) is 2.30. The average molecular weight is 242 g/mol. The number of likely N-dealkylation sites (tertiary alicyclic amines) is 1. The molecular weight excluding hydrogens is 216 g/mol. The Labute approximate surface area is 104 Å². The van der Waals surface area contributed by atoms with E-state index in [0.29, 0.717) is 0 Å². The molecule has 0 radical (unpaired) electrons. The SMILES string of the molecule is CCCC1CCN(C(=NCCCOC)NN)C1. The lowest BCUT2D eigenvalue weighted by molar-refractivity contribution is 0.197. The van der Waals surface area contributed by atoms with Gasteiger partial charge in [-0.25, -0.2) is 5.84 Å². The monoisotopic (exact) mass is 242 g/mol. The number of methoxy groups -OCH3 is 1. The maximum atomic E-state index is 5.53. The van der Waals surface area contributed by atoms with Crippen LogP contribution in [0.2, 0.25) is 0 Å². The lowest BCUT2D eigenvalue weighted by Gasteiger charge is -2.20. The standard InChI is InChI=1S/C12H26N4O/c1-3-5-11-6-8-16(10-11)12(15-13)14-7-4-9-17-2/h11H,3-10,13H2,1-2H3,(H,14,15). The molecule has 1 aliphatic rings. The Kier molecular flexibility index (Phi) is 6.96. The zero-order chi connectivity index (χ0) is 12.5. The minimum absolute atomic E-state index is 0.750. The van der Waals surface area contributed by atoms with Crippen LogP contribution < -0.4 is 11.3 Å². The molecule has 0 amide bonds. The van der Waals surface area contributed by atoms with Crippen LogP contribution in [0.3, 0.4) is 0 Å². The summed E-state index contributed by atoms with van der Waals surface area (Å²) in [6.07, 6.45) is 4.76. The molecular formula is C12H26N4O. The highest BCUT2D eigenvalue weighted by atomic mass is 16.5. The van der Waals surface area contributed by atoms with E-state index in [4.69, 9.17) is 10.6 Å². The molecule has 1 atom stereocenters. The van der Waals surface area contributed by atoms with Crippen LogP contribution in [0.4, 0.5) is 0 Å². The summed E-state index contributed by atoms with van der Waals surface area (Å²) >= 11 is 0. The third-order valence-electron chi connectivity index (χ3n) is 3.18. The van der Waals surface area contributed by atoms with Crippen LogP contribution in [-0.4, -0.2) is 44.2 Å². The lowest BCUT2D eigenvalue weighted by Crippen LogP contribution is -2.43. The number of hydrazine groups is 1. The van der Waals surface area contributed by atoms with Crippen LogP contribution in [0.15, 0.2) is 4.99 Å². The van der Waals surface area contributed by atoms with E-state index in [1.165, 1.54) is 19.3 Å². The Morgan fingerprint density at radius 3 is 3.06 bits per heavy atom. The van der Waals surface area contributed by atoms with Gasteiger partial charge in [-0.1, -0.05) is 13.3 Å². The number of nitrogens with one attached hydrogen (secondary N) is 1. The van der Waals surface area contributed by atoms with Crippen molar-refractivity contribution < 1.29 is 4.74 Å². The first-order valence-electron chi connectivity index (χ1n) is 6.56. The second kappa shape index (κ2) is 8.31. The van der Waals surface area contributed by atoms with Crippen molar-refractivity contribution in [3.63, 3.8) is 0 Å². The van der Waals surface area contributed by atoms with E-state index in [1.807, 2.05) is 0 Å². The van der Waals surface area contributed by atoms with Gasteiger partial charge in [0.2, 0.25) is 5.96 Å². The molecule has 0 saturated carbocycles. The van der Waals surface area contributed by atoms with Gasteiger partial charge in [-0.2, -0.15) is 0 Å². The molecule has 100 valence electrons. The molecule has 0 bridgehead atoms. The van der Waals surface area contributed by atoms with Gasteiger partial charge in [-0.15, -0.1) is 0 Å². The van der Waals surface area contributed by atoms with Crippen molar-refractivity contribution in [3.05, 3.63) is 0 Å². The van der Waals surface area contributed by atoms with Crippen molar-refractivity contribution in [1.29, 1.82) is 0 Å². The van der Waals surface area contributed by atoms with Gasteiger partial charge in [0.15, 0.2) is 0 Å². The molecule has 5 nitrogen and oxygen atoms in total. The fourth-order valence-electron chi connectivity index (χ4n) is 2.30. The van der Waals surface area contributed by atoms with Crippen molar-refractivity contribution in [2.75, 3.05) is 33.4 Å². The van der Waals surface area contributed by atoms with Gasteiger partial charge in [0, 0.05) is 33.4 Å². The average Bonchev–Trinajstić information content (AvgIpc) is 2.78. The molecule has 1 rings (SSSR count). The molecule has 17 heavy (non-hydrogen) atoms. The van der Waals surface area contributed by atoms with Crippen LogP contribution >= 0.6 is 0 Å². The molecule has 1 unspecified atom stereocenters. The van der Waals surface area contributed by atoms with Crippen LogP contribution in [0.25, 0.3) is 0 Å². The normalized spacial score (nSPS) is 21.0. The Morgan fingerprint density at radius 1 is 1.59 bits per heavy atom. The van der Waals surface area contributed by atoms with Crippen molar-refractivity contribution >= 4 is 5.96 Å². The van der Waals surface area contributed by atoms with E-state index in [0.717, 1.165) is 44.5 Å². The van der Waals surface area contributed by atoms with Crippen molar-refractivity contribution in [2.24, 2.45) is 16.8 Å². The molecule has 1 aliphatic heterocycles. The van der Waals surface area contributed by atoms with E-state index < -0.39 is 0 Å². The number of guanidine groups is 1. The van der Waals surface area contributed by atoms with E-state index in [-0.39, 0.29) is 0 Å². The molecule has 1 fully saturated rings. The Bertz CT molecular complexity index is 233. The van der Waals surface area contributed by atoms with Crippen LogP contribution in [0, 0.1) is 5.92 Å². The summed E-state index contributed by atoms with van der Waals surface area (Å²) in [7, 11) is 1.71. The Hall–Kier alpha value is -0.810. The smallest absolute Gasteiger partial charge is 0.208 e. The summed E-state index contributed by atoms with van der Waals surface area (Å²) in [6, 6.07) is 0. The van der Waals surface area contributed by atoms with E-state index in [9.17, 15) is 0 Å². The molecule has 0 aromatic carbocycles. The maximum Gasteiger partial charge on any atom is 0.208 e. The van der Waals surface area contributed by atoms with E-state index in [2.05, 4.69) is 22.2 Å². The quantitative estimate of drug-likeness (QED) is 0.239. The molecule has 1 saturated heterocycles. The second-order valence-electron chi connectivity index (χ2n) is 4.59. The summed E-state index contributed by atoms with van der Waals surface area (Å²) in [5.74, 6) is 7.17. The van der Waals surface area contributed by atoms with Crippen LogP contribution in [0.5, 0.6) is 0 Å². The number of rotatable bonds is 6. The number of aliphatic imine (C=N–C) groups is 1. The number of hydrogen-bond acceptors (Lipinski definition) is 3. The Morgan fingerprint density at radius 2 is 2.41 bits per heavy atom. The first-order chi connectivity index (χ1) is 8.31. The summed E-state index contributed by atoms with van der Waals surface area (Å²) in [4.78, 5) is 6.74. The highest BCUT2D eigenvalue weighted by Crippen LogP contribution is 2.20. The van der Waals surface area contributed by atoms with Gasteiger partial charge in [0.1, 0.15) is 0 Å². The molecule has 1 heterocycles. The van der Waals surface area contributed by atoms with E-state index in [1.54, 1.807) is 7.11 Å². The lowest BCUT2D eigenvalue weighted by atomic mass is 10.0. The van der Waals surface area contributed by atoms with Crippen molar-refractivity contribution in [2.45, 2.75) is 32.6 Å². The first kappa shape index (κ1) is 14.3. The van der Waals surface area contributed by atoms with Gasteiger partial charge >= 0.3 is 0 Å². The number of nitrogens with zero attached hydrogens (tertiary/aromatic N) is 2. The summed E-state index contributed by atoms with van der Waals surface area (Å²) in [5.41, 5.74) is 2.72. The topological polar surface area (TPSA) is 62.9 Å². The molecule has 3 N–H and O–H groups in total. The largest absolute Gasteiger partial charge is 0.385 e. The van der Waals surface area contributed by atoms with Gasteiger partial charge in [-0.05, 0) is 25.2 Å². The number of nitrogens with two attached hydrogens (primary N) is 1. The number of ether oxygens (including phenoxy) is 1. The number of hydrogen-bond donors (Lipinski definition) is 2. The fraction of sp³-hybridized carbons (Fsp3) is 0.917. The Balaban J connectivity index is 2.35. The zero-order valence-corrected chi connectivity index (χ0v) is 11.1. The van der Waals surface area contributed by atoms with Crippen LogP contribution in [-0.2, 0) is 4.74 Å². The predicted molar refractivity (Wildman–Crippen MR) is 70.7 cm³/mol. The van der Waals surface area contributed by atoms with Gasteiger partial charge < -0.3 is 9.64 Å². The first-order valence-corrected chi connectivity index (χ1v) is 6.56. The molecule has 0 spiro atoms. The van der Waals surface area contributed by atoms with Crippen LogP contribution in [0.1, 0.15) is 32.6 Å². The molecule has 0 aromatic heterocycles. The third kappa shape index (κ3) is 4.91. The third-order valence-corrected chi connectivity index (χ3v) is 3.18. The van der Waals surface area contributed by atoms with E-state index >= 15 is 0 Å². The molecule has 5 heteroatoms. The van der Waals surface area contributed by atoms with Crippen molar-refractivity contribution in [3.8, 4) is 0 Å². The second-order valence-corrected chi connectivity index (χ2v) is 4.59. The van der Waals surface area contributed by atoms with Gasteiger partial charge in [0.25, 0.3) is 0 Å². The van der Waals surface area contributed by atoms with Gasteiger partial charge in [0.05, 0.1) is 0 Å². The van der Waals surface area contributed by atoms with Crippen molar-refractivity contribution in [1.82, 2.24) is 10.3 Å². The highest BCUT2D eigenvalue weighted by Gasteiger charge is 2.23. The minimum atomic E-state index is 0.750. The summed E-state index contributed by atoms with van der Waals surface area (Å²) < 4.78 is 5.00.